The SMILES string of the molecule is COc1ccccc1-c1ccccc1OC.[N-]=C=O.[N-]=C=O. The highest BCUT2D eigenvalue weighted by atomic mass is 16.5. The molecule has 0 amide bonds. The van der Waals surface area contributed by atoms with Crippen molar-refractivity contribution >= 4 is 12.2 Å². The lowest BCUT2D eigenvalue weighted by atomic mass is 10.0. The zero-order chi connectivity index (χ0) is 16.8. The summed E-state index contributed by atoms with van der Waals surface area (Å²) >= 11 is 0. The molecule has 0 radical (unpaired) electrons. The molecule has 0 aliphatic carbocycles. The van der Waals surface area contributed by atoms with Gasteiger partial charge in [-0.3, -0.25) is 9.59 Å². The zero-order valence-electron chi connectivity index (χ0n) is 12.1. The molecular formula is C16H14N2O4-2. The van der Waals surface area contributed by atoms with Gasteiger partial charge in [0, 0.05) is 11.1 Å². The van der Waals surface area contributed by atoms with Crippen molar-refractivity contribution in [2.75, 3.05) is 14.2 Å². The number of ether oxygens (including phenoxy) is 2. The number of nitrogens with zero attached hydrogens (tertiary/aromatic N) is 2. The molecule has 6 nitrogen and oxygen atoms in total. The third kappa shape index (κ3) is 5.84. The number of isocyanates is 2. The summed E-state index contributed by atoms with van der Waals surface area (Å²) in [6.07, 6.45) is 1.00. The zero-order valence-corrected chi connectivity index (χ0v) is 12.1. The standard InChI is InChI=1S/C14H14O2.2CNO/c1-15-13-9-5-3-7-11(13)12-8-4-6-10-14(12)16-2;2*2-1-3/h3-10H,1-2H3;;/q;2*-1. The van der Waals surface area contributed by atoms with Crippen LogP contribution in [-0.2, 0) is 9.59 Å². The van der Waals surface area contributed by atoms with E-state index >= 15 is 0 Å². The van der Waals surface area contributed by atoms with Gasteiger partial charge in [-0.1, -0.05) is 36.4 Å². The van der Waals surface area contributed by atoms with Crippen LogP contribution in [0.4, 0.5) is 0 Å². The van der Waals surface area contributed by atoms with Crippen molar-refractivity contribution in [3.8, 4) is 22.6 Å². The van der Waals surface area contributed by atoms with Crippen LogP contribution in [0.25, 0.3) is 21.9 Å². The highest BCUT2D eigenvalue weighted by Crippen LogP contribution is 2.35. The molecule has 6 heteroatoms. The maximum Gasteiger partial charge on any atom is 0.126 e. The minimum absolute atomic E-state index is 0.500. The maximum atomic E-state index is 8.24. The largest absolute Gasteiger partial charge is 0.724 e. The molecule has 0 saturated heterocycles. The number of methoxy groups -OCH3 is 2. The smallest absolute Gasteiger partial charge is 0.126 e. The molecule has 2 rings (SSSR count). The van der Waals surface area contributed by atoms with Crippen molar-refractivity contribution in [1.29, 1.82) is 0 Å². The fourth-order valence-electron chi connectivity index (χ4n) is 1.73. The van der Waals surface area contributed by atoms with Crippen LogP contribution in [0.5, 0.6) is 11.5 Å². The van der Waals surface area contributed by atoms with Crippen LogP contribution in [0, 0.1) is 0 Å². The minimum atomic E-state index is 0.500. The molecule has 22 heavy (non-hydrogen) atoms. The van der Waals surface area contributed by atoms with E-state index in [9.17, 15) is 0 Å². The number of rotatable bonds is 3. The average molecular weight is 298 g/mol. The monoisotopic (exact) mass is 298 g/mol. The van der Waals surface area contributed by atoms with Crippen LogP contribution in [0.15, 0.2) is 48.5 Å². The van der Waals surface area contributed by atoms with E-state index in [4.69, 9.17) is 29.9 Å². The minimum Gasteiger partial charge on any atom is -0.724 e. The van der Waals surface area contributed by atoms with Gasteiger partial charge in [0.2, 0.25) is 0 Å². The van der Waals surface area contributed by atoms with E-state index in [0.29, 0.717) is 12.2 Å². The first-order chi connectivity index (χ1) is 10.7. The molecular weight excluding hydrogens is 284 g/mol. The predicted octanol–water partition coefficient (Wildman–Crippen LogP) is 3.15. The summed E-state index contributed by atoms with van der Waals surface area (Å²) in [5.41, 5.74) is 2.09. The maximum absolute atomic E-state index is 8.24. The normalized spacial score (nSPS) is 7.91. The summed E-state index contributed by atoms with van der Waals surface area (Å²) in [5.74, 6) is 1.71. The van der Waals surface area contributed by atoms with Crippen molar-refractivity contribution in [2.24, 2.45) is 0 Å². The van der Waals surface area contributed by atoms with Crippen LogP contribution in [0.3, 0.4) is 0 Å². The van der Waals surface area contributed by atoms with Crippen LogP contribution in [-0.4, -0.2) is 26.4 Å². The first kappa shape index (κ1) is 18.8. The van der Waals surface area contributed by atoms with Crippen LogP contribution < -0.4 is 9.47 Å². The molecule has 0 unspecified atom stereocenters. The van der Waals surface area contributed by atoms with Gasteiger partial charge in [0.1, 0.15) is 11.5 Å². The second kappa shape index (κ2) is 11.6. The van der Waals surface area contributed by atoms with E-state index in [2.05, 4.69) is 0 Å². The summed E-state index contributed by atoms with van der Waals surface area (Å²) in [5, 5.41) is 13.5. The Balaban J connectivity index is 0.000000639. The Morgan fingerprint density at radius 2 is 1.00 bits per heavy atom. The predicted molar refractivity (Wildman–Crippen MR) is 83.1 cm³/mol. The van der Waals surface area contributed by atoms with Crippen LogP contribution >= 0.6 is 0 Å². The molecule has 0 N–H and O–H groups in total. The lowest BCUT2D eigenvalue weighted by Crippen LogP contribution is -1.90. The number of benzene rings is 2. The number of para-hydroxylation sites is 2. The number of carbonyl (C=O) groups excluding carboxylic acids is 2. The summed E-state index contributed by atoms with van der Waals surface area (Å²) in [7, 11) is 3.35. The highest BCUT2D eigenvalue weighted by molar-refractivity contribution is 5.75. The lowest BCUT2D eigenvalue weighted by molar-refractivity contribution is 0.410. The molecule has 2 aromatic carbocycles. The Kier molecular flexibility index (Phi) is 9.92. The molecule has 0 bridgehead atoms. The molecule has 0 aliphatic rings. The van der Waals surface area contributed by atoms with Gasteiger partial charge in [-0.15, -0.1) is 0 Å². The molecule has 0 aliphatic heterocycles. The van der Waals surface area contributed by atoms with Gasteiger partial charge in [-0.25, -0.2) is 0 Å². The molecule has 0 heterocycles. The van der Waals surface area contributed by atoms with E-state index in [1.807, 2.05) is 48.5 Å². The van der Waals surface area contributed by atoms with Gasteiger partial charge < -0.3 is 20.3 Å². The highest BCUT2D eigenvalue weighted by Gasteiger charge is 2.08. The summed E-state index contributed by atoms with van der Waals surface area (Å²) in [6.45, 7) is 0. The van der Waals surface area contributed by atoms with Crippen molar-refractivity contribution in [3.63, 3.8) is 0 Å². The van der Waals surface area contributed by atoms with E-state index in [1.165, 1.54) is 0 Å². The van der Waals surface area contributed by atoms with Crippen LogP contribution in [0.2, 0.25) is 0 Å². The second-order valence-electron chi connectivity index (χ2n) is 3.58. The molecule has 0 atom stereocenters. The first-order valence-corrected chi connectivity index (χ1v) is 5.98. The Morgan fingerprint density at radius 1 is 0.727 bits per heavy atom. The Hall–Kier alpha value is -3.20. The van der Waals surface area contributed by atoms with E-state index in [1.54, 1.807) is 14.2 Å². The summed E-state index contributed by atoms with van der Waals surface area (Å²) in [4.78, 5) is 16.5. The molecule has 0 spiro atoms. The van der Waals surface area contributed by atoms with Gasteiger partial charge in [0.05, 0.1) is 14.2 Å². The van der Waals surface area contributed by atoms with Crippen molar-refractivity contribution in [1.82, 2.24) is 0 Å². The molecule has 0 aromatic heterocycles. The Labute approximate surface area is 128 Å². The topological polar surface area (TPSA) is 97.2 Å². The fourth-order valence-corrected chi connectivity index (χ4v) is 1.73. The van der Waals surface area contributed by atoms with Gasteiger partial charge in [0.15, 0.2) is 0 Å². The Morgan fingerprint density at radius 3 is 1.27 bits per heavy atom. The number of hydrogen-bond acceptors (Lipinski definition) is 4. The molecule has 0 fully saturated rings. The third-order valence-electron chi connectivity index (χ3n) is 2.50. The van der Waals surface area contributed by atoms with Crippen LogP contribution in [0.1, 0.15) is 0 Å². The van der Waals surface area contributed by atoms with Crippen molar-refractivity contribution in [3.05, 3.63) is 59.3 Å². The molecule has 2 aromatic rings. The average Bonchev–Trinajstić information content (AvgIpc) is 2.56. The van der Waals surface area contributed by atoms with E-state index in [0.717, 1.165) is 22.6 Å². The third-order valence-corrected chi connectivity index (χ3v) is 2.50. The van der Waals surface area contributed by atoms with E-state index in [-0.39, 0.29) is 0 Å². The number of hydrogen-bond donors (Lipinski definition) is 0. The fraction of sp³-hybridized carbons (Fsp3) is 0.125. The van der Waals surface area contributed by atoms with Crippen molar-refractivity contribution < 1.29 is 19.1 Å². The summed E-state index contributed by atoms with van der Waals surface area (Å²) in [6, 6.07) is 15.8. The first-order valence-electron chi connectivity index (χ1n) is 5.98. The van der Waals surface area contributed by atoms with Gasteiger partial charge in [-0.05, 0) is 24.3 Å². The second-order valence-corrected chi connectivity index (χ2v) is 3.58. The summed E-state index contributed by atoms with van der Waals surface area (Å²) < 4.78 is 10.7. The molecule has 114 valence electrons. The van der Waals surface area contributed by atoms with Crippen molar-refractivity contribution in [2.45, 2.75) is 0 Å². The quantitative estimate of drug-likeness (QED) is 0.642. The lowest BCUT2D eigenvalue weighted by Gasteiger charge is -2.11. The van der Waals surface area contributed by atoms with Gasteiger partial charge in [-0.2, -0.15) is 0 Å². The van der Waals surface area contributed by atoms with Gasteiger partial charge >= 0.3 is 0 Å². The molecule has 0 saturated carbocycles. The van der Waals surface area contributed by atoms with E-state index < -0.39 is 0 Å². The van der Waals surface area contributed by atoms with Gasteiger partial charge in [0.25, 0.3) is 0 Å². The Bertz CT molecular complexity index is 587.